The Kier molecular flexibility index (Phi) is 3.96. The van der Waals surface area contributed by atoms with Crippen molar-refractivity contribution < 1.29 is 0 Å². The summed E-state index contributed by atoms with van der Waals surface area (Å²) in [6.07, 6.45) is 3.21. The molecule has 0 aliphatic carbocycles. The molecule has 1 aromatic rings. The minimum Gasteiger partial charge on any atom is -0.278 e. The highest BCUT2D eigenvalue weighted by Gasteiger charge is 2.15. The molecule has 0 aromatic carbocycles. The Morgan fingerprint density at radius 1 is 1.38 bits per heavy atom. The van der Waals surface area contributed by atoms with Crippen molar-refractivity contribution in [1.29, 1.82) is 0 Å². The molecule has 1 aromatic heterocycles. The number of nitrogens with two attached hydrogens (primary N) is 1. The largest absolute Gasteiger partial charge is 0.278 e. The summed E-state index contributed by atoms with van der Waals surface area (Å²) >= 11 is 6.99. The number of hydrogen-bond acceptors (Lipinski definition) is 4. The standard InChI is InChI=1S/C8H12ClN3S/c1-5(6(2)13-10)8-11-3-7(9)4-12-8/h3-6H,10H2,1-2H3. The average molecular weight is 218 g/mol. The highest BCUT2D eigenvalue weighted by molar-refractivity contribution is 7.97. The molecule has 5 heteroatoms. The van der Waals surface area contributed by atoms with E-state index in [1.165, 1.54) is 11.9 Å². The summed E-state index contributed by atoms with van der Waals surface area (Å²) in [6, 6.07) is 0. The maximum atomic E-state index is 5.67. The van der Waals surface area contributed by atoms with Crippen molar-refractivity contribution in [2.24, 2.45) is 5.14 Å². The first-order chi connectivity index (χ1) is 6.15. The summed E-state index contributed by atoms with van der Waals surface area (Å²) in [7, 11) is 0. The highest BCUT2D eigenvalue weighted by Crippen LogP contribution is 2.22. The lowest BCUT2D eigenvalue weighted by Gasteiger charge is -2.15. The Bertz CT molecular complexity index is 265. The lowest BCUT2D eigenvalue weighted by molar-refractivity contribution is 0.693. The van der Waals surface area contributed by atoms with Crippen LogP contribution in [0, 0.1) is 0 Å². The third-order valence-corrected chi connectivity index (χ3v) is 3.00. The quantitative estimate of drug-likeness (QED) is 0.789. The molecule has 72 valence electrons. The highest BCUT2D eigenvalue weighted by atomic mass is 35.5. The van der Waals surface area contributed by atoms with Crippen LogP contribution in [0.1, 0.15) is 25.6 Å². The van der Waals surface area contributed by atoms with Gasteiger partial charge in [0.15, 0.2) is 0 Å². The zero-order valence-corrected chi connectivity index (χ0v) is 9.14. The predicted molar refractivity (Wildman–Crippen MR) is 56.7 cm³/mol. The normalized spacial score (nSPS) is 15.4. The Morgan fingerprint density at radius 2 is 1.92 bits per heavy atom. The van der Waals surface area contributed by atoms with Crippen molar-refractivity contribution in [2.45, 2.75) is 25.0 Å². The second-order valence-electron chi connectivity index (χ2n) is 2.89. The van der Waals surface area contributed by atoms with Gasteiger partial charge in [-0.3, -0.25) is 5.14 Å². The molecule has 1 rings (SSSR count). The van der Waals surface area contributed by atoms with Crippen molar-refractivity contribution in [2.75, 3.05) is 0 Å². The maximum absolute atomic E-state index is 5.67. The van der Waals surface area contributed by atoms with Crippen LogP contribution in [0.2, 0.25) is 5.02 Å². The molecule has 1 heterocycles. The van der Waals surface area contributed by atoms with Gasteiger partial charge in [-0.15, -0.1) is 0 Å². The van der Waals surface area contributed by atoms with Crippen LogP contribution in [0.3, 0.4) is 0 Å². The molecule has 0 saturated carbocycles. The monoisotopic (exact) mass is 217 g/mol. The molecule has 0 amide bonds. The van der Waals surface area contributed by atoms with Crippen LogP contribution in [0.15, 0.2) is 12.4 Å². The van der Waals surface area contributed by atoms with Crippen LogP contribution < -0.4 is 5.14 Å². The smallest absolute Gasteiger partial charge is 0.132 e. The van der Waals surface area contributed by atoms with E-state index in [9.17, 15) is 0 Å². The van der Waals surface area contributed by atoms with Crippen molar-refractivity contribution >= 4 is 23.5 Å². The molecule has 0 spiro atoms. The van der Waals surface area contributed by atoms with Gasteiger partial charge < -0.3 is 0 Å². The molecular weight excluding hydrogens is 206 g/mol. The summed E-state index contributed by atoms with van der Waals surface area (Å²) < 4.78 is 0. The van der Waals surface area contributed by atoms with Gasteiger partial charge in [0.1, 0.15) is 5.82 Å². The zero-order valence-electron chi connectivity index (χ0n) is 7.57. The van der Waals surface area contributed by atoms with E-state index in [1.807, 2.05) is 13.8 Å². The molecular formula is C8H12ClN3S. The molecule has 2 atom stereocenters. The number of aromatic nitrogens is 2. The van der Waals surface area contributed by atoms with E-state index in [1.54, 1.807) is 12.4 Å². The van der Waals surface area contributed by atoms with Crippen LogP contribution in [0.5, 0.6) is 0 Å². The van der Waals surface area contributed by atoms with Crippen LogP contribution in [0.25, 0.3) is 0 Å². The first-order valence-electron chi connectivity index (χ1n) is 3.98. The SMILES string of the molecule is CC(SN)C(C)c1ncc(Cl)cn1. The van der Waals surface area contributed by atoms with Gasteiger partial charge in [-0.2, -0.15) is 0 Å². The second kappa shape index (κ2) is 4.79. The Labute approximate surface area is 87.2 Å². The lowest BCUT2D eigenvalue weighted by Crippen LogP contribution is -2.13. The maximum Gasteiger partial charge on any atom is 0.132 e. The molecule has 2 unspecified atom stereocenters. The van der Waals surface area contributed by atoms with Crippen molar-refractivity contribution in [3.8, 4) is 0 Å². The topological polar surface area (TPSA) is 51.8 Å². The van der Waals surface area contributed by atoms with Gasteiger partial charge in [0, 0.05) is 23.6 Å². The van der Waals surface area contributed by atoms with Gasteiger partial charge in [-0.25, -0.2) is 9.97 Å². The summed E-state index contributed by atoms with van der Waals surface area (Å²) in [5.74, 6) is 1.03. The summed E-state index contributed by atoms with van der Waals surface area (Å²) in [4.78, 5) is 8.27. The van der Waals surface area contributed by atoms with Crippen LogP contribution >= 0.6 is 23.5 Å². The Hall–Kier alpha value is -0.320. The Morgan fingerprint density at radius 3 is 2.38 bits per heavy atom. The molecule has 0 aliphatic heterocycles. The third-order valence-electron chi connectivity index (χ3n) is 1.97. The van der Waals surface area contributed by atoms with E-state index >= 15 is 0 Å². The summed E-state index contributed by atoms with van der Waals surface area (Å²) in [5.41, 5.74) is 0. The van der Waals surface area contributed by atoms with E-state index in [0.717, 1.165) is 5.82 Å². The fourth-order valence-electron chi connectivity index (χ4n) is 0.885. The van der Waals surface area contributed by atoms with E-state index in [4.69, 9.17) is 16.7 Å². The average Bonchev–Trinajstić information content (AvgIpc) is 2.17. The zero-order chi connectivity index (χ0) is 9.84. The van der Waals surface area contributed by atoms with Crippen molar-refractivity contribution in [1.82, 2.24) is 9.97 Å². The molecule has 3 nitrogen and oxygen atoms in total. The minimum atomic E-state index is 0.243. The van der Waals surface area contributed by atoms with Crippen LogP contribution in [-0.4, -0.2) is 15.2 Å². The fourth-order valence-corrected chi connectivity index (χ4v) is 1.34. The summed E-state index contributed by atoms with van der Waals surface area (Å²) in [5, 5.41) is 6.34. The van der Waals surface area contributed by atoms with E-state index in [0.29, 0.717) is 10.3 Å². The van der Waals surface area contributed by atoms with Gasteiger partial charge in [0.05, 0.1) is 5.02 Å². The molecule has 0 fully saturated rings. The second-order valence-corrected chi connectivity index (χ2v) is 4.34. The number of nitrogens with zero attached hydrogens (tertiary/aromatic N) is 2. The van der Waals surface area contributed by atoms with Crippen LogP contribution in [0.4, 0.5) is 0 Å². The van der Waals surface area contributed by atoms with E-state index in [2.05, 4.69) is 9.97 Å². The van der Waals surface area contributed by atoms with Gasteiger partial charge >= 0.3 is 0 Å². The third kappa shape index (κ3) is 2.83. The van der Waals surface area contributed by atoms with E-state index in [-0.39, 0.29) is 5.92 Å². The molecule has 0 bridgehead atoms. The summed E-state index contributed by atoms with van der Waals surface area (Å²) in [6.45, 7) is 4.10. The fraction of sp³-hybridized carbons (Fsp3) is 0.500. The minimum absolute atomic E-state index is 0.243. The van der Waals surface area contributed by atoms with Crippen molar-refractivity contribution in [3.63, 3.8) is 0 Å². The van der Waals surface area contributed by atoms with Crippen LogP contribution in [-0.2, 0) is 0 Å². The first-order valence-corrected chi connectivity index (χ1v) is 5.30. The van der Waals surface area contributed by atoms with Gasteiger partial charge in [0.25, 0.3) is 0 Å². The predicted octanol–water partition coefficient (Wildman–Crippen LogP) is 2.23. The lowest BCUT2D eigenvalue weighted by atomic mass is 10.1. The molecule has 0 saturated heterocycles. The first kappa shape index (κ1) is 10.8. The van der Waals surface area contributed by atoms with Gasteiger partial charge in [-0.05, 0) is 0 Å². The number of hydrogen-bond donors (Lipinski definition) is 1. The van der Waals surface area contributed by atoms with E-state index < -0.39 is 0 Å². The molecule has 13 heavy (non-hydrogen) atoms. The van der Waals surface area contributed by atoms with Crippen molar-refractivity contribution in [3.05, 3.63) is 23.2 Å². The number of halogens is 1. The molecule has 0 aliphatic rings. The van der Waals surface area contributed by atoms with Gasteiger partial charge in [-0.1, -0.05) is 37.4 Å². The molecule has 0 radical (unpaired) electrons. The molecule has 2 N–H and O–H groups in total. The van der Waals surface area contributed by atoms with Gasteiger partial charge in [0.2, 0.25) is 0 Å². The number of rotatable bonds is 3. The Balaban J connectivity index is 2.77.